The minimum absolute atomic E-state index is 0.0102. The molecule has 3 N–H and O–H groups in total. The van der Waals surface area contributed by atoms with Crippen molar-refractivity contribution < 1.29 is 32.3 Å². The maximum atomic E-state index is 13.8. The van der Waals surface area contributed by atoms with Crippen LogP contribution in [0.1, 0.15) is 58.4 Å². The van der Waals surface area contributed by atoms with Crippen LogP contribution in [-0.4, -0.2) is 64.8 Å². The van der Waals surface area contributed by atoms with Crippen molar-refractivity contribution in [3.05, 3.63) is 34.9 Å². The van der Waals surface area contributed by atoms with Crippen molar-refractivity contribution >= 4 is 23.6 Å². The van der Waals surface area contributed by atoms with Crippen LogP contribution >= 0.6 is 0 Å². The highest BCUT2D eigenvalue weighted by molar-refractivity contribution is 6.24. The quantitative estimate of drug-likeness (QED) is 0.638. The fourth-order valence-electron chi connectivity index (χ4n) is 5.05. The molecule has 11 heteroatoms. The van der Waals surface area contributed by atoms with Crippen molar-refractivity contribution in [1.29, 1.82) is 0 Å². The summed E-state index contributed by atoms with van der Waals surface area (Å²) in [5, 5.41) is 2.13. The van der Waals surface area contributed by atoms with Crippen LogP contribution in [0, 0.1) is 5.92 Å². The molecule has 1 aromatic carbocycles. The van der Waals surface area contributed by atoms with Gasteiger partial charge >= 0.3 is 6.18 Å². The zero-order chi connectivity index (χ0) is 23.9. The van der Waals surface area contributed by atoms with Gasteiger partial charge in [0.05, 0.1) is 11.1 Å². The third kappa shape index (κ3) is 4.39. The Kier molecular flexibility index (Phi) is 6.28. The van der Waals surface area contributed by atoms with E-state index in [9.17, 15) is 32.3 Å². The number of nitrogens with one attached hydrogen (secondary N) is 1. The summed E-state index contributed by atoms with van der Waals surface area (Å²) < 4.78 is 41.5. The molecule has 4 amide bonds. The molecule has 0 aliphatic carbocycles. The van der Waals surface area contributed by atoms with Gasteiger partial charge in [-0.15, -0.1) is 0 Å². The summed E-state index contributed by atoms with van der Waals surface area (Å²) in [6.07, 6.45) is -3.42. The average Bonchev–Trinajstić information content (AvgIpc) is 3.00. The minimum Gasteiger partial charge on any atom is -0.330 e. The standard InChI is InChI=1S/C22H25F3N4O4/c23-22(24,25)16-10-12(6-8-26)7-9-28(16)11-13-2-1-3-14-18(13)21(33)29(20(14)32)15-4-5-17(30)27-19(15)31/h1-3,12,15-16H,4-11,26H2,(H,27,30,31)/t12-,15?,16+/m1/s1. The van der Waals surface area contributed by atoms with Crippen molar-refractivity contribution in [2.45, 2.75) is 56.9 Å². The van der Waals surface area contributed by atoms with E-state index in [1.54, 1.807) is 0 Å². The predicted molar refractivity (Wildman–Crippen MR) is 110 cm³/mol. The zero-order valence-electron chi connectivity index (χ0n) is 17.9. The van der Waals surface area contributed by atoms with Gasteiger partial charge < -0.3 is 5.73 Å². The SMILES string of the molecule is NCC[C@@H]1CCN(Cc2cccc3c2C(=O)N(C2CCC(=O)NC2=O)C3=O)[C@H](C(F)(F)F)C1. The number of amides is 4. The molecular formula is C22H25F3N4O4. The lowest BCUT2D eigenvalue weighted by Crippen LogP contribution is -2.54. The first-order valence-electron chi connectivity index (χ1n) is 11.0. The molecule has 3 aliphatic heterocycles. The summed E-state index contributed by atoms with van der Waals surface area (Å²) >= 11 is 0. The number of nitrogens with zero attached hydrogens (tertiary/aromatic N) is 2. The molecular weight excluding hydrogens is 441 g/mol. The van der Waals surface area contributed by atoms with E-state index in [1.807, 2.05) is 0 Å². The maximum absolute atomic E-state index is 13.8. The summed E-state index contributed by atoms with van der Waals surface area (Å²) in [6.45, 7) is 0.372. The molecule has 33 heavy (non-hydrogen) atoms. The second-order valence-corrected chi connectivity index (χ2v) is 8.78. The third-order valence-electron chi connectivity index (χ3n) is 6.70. The lowest BCUT2D eigenvalue weighted by molar-refractivity contribution is -0.197. The first kappa shape index (κ1) is 23.4. The Morgan fingerprint density at radius 3 is 2.52 bits per heavy atom. The summed E-state index contributed by atoms with van der Waals surface area (Å²) in [4.78, 5) is 52.0. The van der Waals surface area contributed by atoms with Gasteiger partial charge in [-0.2, -0.15) is 13.2 Å². The lowest BCUT2D eigenvalue weighted by atomic mass is 9.87. The van der Waals surface area contributed by atoms with Gasteiger partial charge in [-0.25, -0.2) is 0 Å². The molecule has 2 fully saturated rings. The molecule has 8 nitrogen and oxygen atoms in total. The van der Waals surface area contributed by atoms with E-state index >= 15 is 0 Å². The fraction of sp³-hybridized carbons (Fsp3) is 0.545. The average molecular weight is 466 g/mol. The van der Waals surface area contributed by atoms with Crippen LogP contribution in [0.25, 0.3) is 0 Å². The summed E-state index contributed by atoms with van der Waals surface area (Å²) in [6, 6.07) is 1.70. The first-order chi connectivity index (χ1) is 15.6. The van der Waals surface area contributed by atoms with Crippen LogP contribution in [0.5, 0.6) is 0 Å². The normalized spacial score (nSPS) is 26.5. The van der Waals surface area contributed by atoms with Crippen LogP contribution in [0.15, 0.2) is 18.2 Å². The van der Waals surface area contributed by atoms with Gasteiger partial charge in [-0.05, 0) is 56.3 Å². The predicted octanol–water partition coefficient (Wildman–Crippen LogP) is 1.58. The number of alkyl halides is 3. The molecule has 0 spiro atoms. The zero-order valence-corrected chi connectivity index (χ0v) is 17.9. The first-order valence-corrected chi connectivity index (χ1v) is 11.0. The number of halogens is 3. The molecule has 3 heterocycles. The molecule has 0 bridgehead atoms. The van der Waals surface area contributed by atoms with Crippen LogP contribution < -0.4 is 11.1 Å². The van der Waals surface area contributed by atoms with Crippen molar-refractivity contribution in [3.8, 4) is 0 Å². The van der Waals surface area contributed by atoms with Gasteiger partial charge in [0.15, 0.2) is 0 Å². The molecule has 1 aromatic rings. The number of benzene rings is 1. The van der Waals surface area contributed by atoms with Crippen LogP contribution in [0.4, 0.5) is 13.2 Å². The Morgan fingerprint density at radius 2 is 1.85 bits per heavy atom. The van der Waals surface area contributed by atoms with Gasteiger partial charge in [0.1, 0.15) is 12.1 Å². The molecule has 178 valence electrons. The Hall–Kier alpha value is -2.79. The van der Waals surface area contributed by atoms with E-state index in [2.05, 4.69) is 5.32 Å². The van der Waals surface area contributed by atoms with E-state index in [0.717, 1.165) is 4.90 Å². The third-order valence-corrected chi connectivity index (χ3v) is 6.70. The van der Waals surface area contributed by atoms with E-state index in [4.69, 9.17) is 5.73 Å². The second kappa shape index (κ2) is 8.86. The van der Waals surface area contributed by atoms with Gasteiger partial charge in [-0.1, -0.05) is 12.1 Å². The Bertz CT molecular complexity index is 996. The second-order valence-electron chi connectivity index (χ2n) is 8.78. The van der Waals surface area contributed by atoms with Crippen LogP contribution in [0.2, 0.25) is 0 Å². The monoisotopic (exact) mass is 466 g/mol. The summed E-state index contributed by atoms with van der Waals surface area (Å²) in [7, 11) is 0. The highest BCUT2D eigenvalue weighted by Crippen LogP contribution is 2.37. The summed E-state index contributed by atoms with van der Waals surface area (Å²) in [5.74, 6) is -2.74. The number of fused-ring (bicyclic) bond motifs is 1. The van der Waals surface area contributed by atoms with Crippen molar-refractivity contribution in [3.63, 3.8) is 0 Å². The van der Waals surface area contributed by atoms with Crippen LogP contribution in [0.3, 0.4) is 0 Å². The number of piperidine rings is 2. The minimum atomic E-state index is -4.44. The topological polar surface area (TPSA) is 113 Å². The number of carbonyl (C=O) groups is 4. The van der Waals surface area contributed by atoms with Gasteiger partial charge in [-0.3, -0.25) is 34.3 Å². The van der Waals surface area contributed by atoms with Crippen LogP contribution in [-0.2, 0) is 16.1 Å². The molecule has 0 aromatic heterocycles. The molecule has 3 atom stereocenters. The van der Waals surface area contributed by atoms with E-state index in [0.29, 0.717) is 24.9 Å². The number of imide groups is 2. The van der Waals surface area contributed by atoms with Crippen molar-refractivity contribution in [2.24, 2.45) is 11.7 Å². The Labute approximate surface area is 188 Å². The molecule has 0 radical (unpaired) electrons. The molecule has 2 saturated heterocycles. The van der Waals surface area contributed by atoms with Gasteiger partial charge in [0.2, 0.25) is 11.8 Å². The Balaban J connectivity index is 1.60. The van der Waals surface area contributed by atoms with Gasteiger partial charge in [0, 0.05) is 13.0 Å². The highest BCUT2D eigenvalue weighted by atomic mass is 19.4. The number of hydrogen-bond donors (Lipinski definition) is 2. The van der Waals surface area contributed by atoms with Gasteiger partial charge in [0.25, 0.3) is 11.8 Å². The maximum Gasteiger partial charge on any atom is 0.404 e. The molecule has 4 rings (SSSR count). The van der Waals surface area contributed by atoms with Crippen molar-refractivity contribution in [2.75, 3.05) is 13.1 Å². The fourth-order valence-corrected chi connectivity index (χ4v) is 5.05. The highest BCUT2D eigenvalue weighted by Gasteiger charge is 2.48. The smallest absolute Gasteiger partial charge is 0.330 e. The number of likely N-dealkylation sites (tertiary alicyclic amines) is 1. The molecule has 1 unspecified atom stereocenters. The Morgan fingerprint density at radius 1 is 1.09 bits per heavy atom. The molecule has 3 aliphatic rings. The number of hydrogen-bond acceptors (Lipinski definition) is 6. The lowest BCUT2D eigenvalue weighted by Gasteiger charge is -2.40. The number of rotatable bonds is 5. The number of carbonyl (C=O) groups excluding carboxylic acids is 4. The molecule has 0 saturated carbocycles. The van der Waals surface area contributed by atoms with E-state index in [-0.39, 0.29) is 49.4 Å². The van der Waals surface area contributed by atoms with Crippen molar-refractivity contribution in [1.82, 2.24) is 15.1 Å². The largest absolute Gasteiger partial charge is 0.404 e. The van der Waals surface area contributed by atoms with E-state index < -0.39 is 41.9 Å². The van der Waals surface area contributed by atoms with E-state index in [1.165, 1.54) is 23.1 Å². The summed E-state index contributed by atoms with van der Waals surface area (Å²) in [5.41, 5.74) is 5.93. The number of nitrogens with two attached hydrogens (primary N) is 1.